The third kappa shape index (κ3) is 7.90. The highest BCUT2D eigenvalue weighted by atomic mass is 35.5. The molecule has 0 heterocycles. The Bertz CT molecular complexity index is 245. The van der Waals surface area contributed by atoms with Gasteiger partial charge in [0, 0.05) is 6.54 Å². The van der Waals surface area contributed by atoms with Crippen LogP contribution in [-0.2, 0) is 4.79 Å². The average Bonchev–Trinajstić information content (AvgIpc) is 2.22. The first-order valence-electron chi connectivity index (χ1n) is 6.41. The van der Waals surface area contributed by atoms with Gasteiger partial charge in [0.1, 0.15) is 0 Å². The topological polar surface area (TPSA) is 75.4 Å². The molecule has 5 heteroatoms. The van der Waals surface area contributed by atoms with Crippen molar-refractivity contribution >= 4 is 18.3 Å². The molecule has 0 aliphatic rings. The summed E-state index contributed by atoms with van der Waals surface area (Å²) >= 11 is 0. The lowest BCUT2D eigenvalue weighted by Crippen LogP contribution is -2.47. The summed E-state index contributed by atoms with van der Waals surface area (Å²) in [5.74, 6) is 0.0906. The second kappa shape index (κ2) is 8.73. The smallest absolute Gasteiger partial charge is 0.237 e. The number of halogens is 1. The van der Waals surface area contributed by atoms with E-state index < -0.39 is 6.04 Å². The molecule has 0 aromatic heterocycles. The zero-order chi connectivity index (χ0) is 13.6. The SMILES string of the molecule is CCC(C)C(N)C(=O)NCC(C)(C)CC(C)O.Cl. The number of hydrogen-bond acceptors (Lipinski definition) is 3. The monoisotopic (exact) mass is 280 g/mol. The molecule has 0 rings (SSSR count). The van der Waals surface area contributed by atoms with Gasteiger partial charge in [0.05, 0.1) is 12.1 Å². The zero-order valence-corrected chi connectivity index (χ0v) is 13.0. The van der Waals surface area contributed by atoms with Crippen LogP contribution in [0, 0.1) is 11.3 Å². The van der Waals surface area contributed by atoms with Crippen LogP contribution in [-0.4, -0.2) is 29.7 Å². The van der Waals surface area contributed by atoms with Crippen LogP contribution in [0.2, 0.25) is 0 Å². The molecule has 0 fully saturated rings. The molecule has 0 radical (unpaired) electrons. The van der Waals surface area contributed by atoms with E-state index in [0.717, 1.165) is 6.42 Å². The summed E-state index contributed by atoms with van der Waals surface area (Å²) < 4.78 is 0. The number of carbonyl (C=O) groups excluding carboxylic acids is 1. The number of amides is 1. The lowest BCUT2D eigenvalue weighted by Gasteiger charge is -2.27. The van der Waals surface area contributed by atoms with Gasteiger partial charge in [0.15, 0.2) is 0 Å². The first-order chi connectivity index (χ1) is 7.69. The summed E-state index contributed by atoms with van der Waals surface area (Å²) in [6.45, 7) is 10.3. The molecule has 4 nitrogen and oxygen atoms in total. The van der Waals surface area contributed by atoms with Crippen molar-refractivity contribution in [3.05, 3.63) is 0 Å². The molecule has 1 amide bonds. The van der Waals surface area contributed by atoms with Crippen molar-refractivity contribution < 1.29 is 9.90 Å². The first-order valence-corrected chi connectivity index (χ1v) is 6.41. The summed E-state index contributed by atoms with van der Waals surface area (Å²) in [6, 6.07) is -0.442. The number of aliphatic hydroxyl groups excluding tert-OH is 1. The number of rotatable bonds is 7. The van der Waals surface area contributed by atoms with Gasteiger partial charge in [-0.1, -0.05) is 34.1 Å². The van der Waals surface area contributed by atoms with E-state index in [1.807, 2.05) is 27.7 Å². The van der Waals surface area contributed by atoms with E-state index in [1.54, 1.807) is 6.92 Å². The van der Waals surface area contributed by atoms with Crippen LogP contribution in [0.1, 0.15) is 47.5 Å². The van der Waals surface area contributed by atoms with Gasteiger partial charge in [-0.05, 0) is 24.7 Å². The van der Waals surface area contributed by atoms with E-state index in [4.69, 9.17) is 5.73 Å². The van der Waals surface area contributed by atoms with Crippen molar-refractivity contribution in [1.82, 2.24) is 5.32 Å². The zero-order valence-electron chi connectivity index (χ0n) is 12.2. The van der Waals surface area contributed by atoms with Crippen LogP contribution in [0.15, 0.2) is 0 Å². The Morgan fingerprint density at radius 2 is 1.89 bits per heavy atom. The Morgan fingerprint density at radius 3 is 2.28 bits per heavy atom. The van der Waals surface area contributed by atoms with Crippen molar-refractivity contribution in [1.29, 1.82) is 0 Å². The van der Waals surface area contributed by atoms with Crippen LogP contribution >= 0.6 is 12.4 Å². The molecule has 18 heavy (non-hydrogen) atoms. The van der Waals surface area contributed by atoms with Crippen LogP contribution < -0.4 is 11.1 Å². The lowest BCUT2D eigenvalue weighted by atomic mass is 9.86. The number of nitrogens with one attached hydrogen (secondary N) is 1. The predicted molar refractivity (Wildman–Crippen MR) is 77.8 cm³/mol. The van der Waals surface area contributed by atoms with E-state index in [1.165, 1.54) is 0 Å². The minimum absolute atomic E-state index is 0. The summed E-state index contributed by atoms with van der Waals surface area (Å²) in [4.78, 5) is 11.8. The van der Waals surface area contributed by atoms with Crippen LogP contribution in [0.3, 0.4) is 0 Å². The standard InChI is InChI=1S/C13H28N2O2.ClH/c1-6-9(2)11(14)12(17)15-8-13(4,5)7-10(3)16;/h9-11,16H,6-8,14H2,1-5H3,(H,15,17);1H. The molecule has 0 bridgehead atoms. The highest BCUT2D eigenvalue weighted by Gasteiger charge is 2.24. The number of carbonyl (C=O) groups is 1. The molecule has 0 aliphatic carbocycles. The molecule has 3 atom stereocenters. The maximum atomic E-state index is 11.8. The Hall–Kier alpha value is -0.320. The molecule has 0 spiro atoms. The fraction of sp³-hybridized carbons (Fsp3) is 0.923. The Morgan fingerprint density at radius 1 is 1.39 bits per heavy atom. The van der Waals surface area contributed by atoms with E-state index >= 15 is 0 Å². The van der Waals surface area contributed by atoms with E-state index in [2.05, 4.69) is 5.32 Å². The largest absolute Gasteiger partial charge is 0.393 e. The van der Waals surface area contributed by atoms with Crippen LogP contribution in [0.25, 0.3) is 0 Å². The summed E-state index contributed by atoms with van der Waals surface area (Å²) in [6.07, 6.45) is 1.20. The highest BCUT2D eigenvalue weighted by molar-refractivity contribution is 5.85. The molecular weight excluding hydrogens is 252 g/mol. The van der Waals surface area contributed by atoms with Crippen molar-refractivity contribution in [2.24, 2.45) is 17.1 Å². The van der Waals surface area contributed by atoms with E-state index in [9.17, 15) is 9.90 Å². The minimum Gasteiger partial charge on any atom is -0.393 e. The second-order valence-electron chi connectivity index (χ2n) is 5.85. The summed E-state index contributed by atoms with van der Waals surface area (Å²) in [5.41, 5.74) is 5.73. The maximum absolute atomic E-state index is 11.8. The molecular formula is C13H29ClN2O2. The normalized spacial score (nSPS) is 16.4. The van der Waals surface area contributed by atoms with Gasteiger partial charge >= 0.3 is 0 Å². The van der Waals surface area contributed by atoms with Crippen molar-refractivity contribution in [2.45, 2.75) is 59.6 Å². The minimum atomic E-state index is -0.442. The van der Waals surface area contributed by atoms with Gasteiger partial charge in [-0.25, -0.2) is 0 Å². The Labute approximate surface area is 117 Å². The molecule has 0 saturated carbocycles. The highest BCUT2D eigenvalue weighted by Crippen LogP contribution is 2.21. The Kier molecular flexibility index (Phi) is 9.70. The fourth-order valence-corrected chi connectivity index (χ4v) is 1.83. The van der Waals surface area contributed by atoms with E-state index in [0.29, 0.717) is 13.0 Å². The quantitative estimate of drug-likeness (QED) is 0.664. The Balaban J connectivity index is 0. The average molecular weight is 281 g/mol. The van der Waals surface area contributed by atoms with Gasteiger partial charge in [-0.3, -0.25) is 4.79 Å². The molecule has 4 N–H and O–H groups in total. The summed E-state index contributed by atoms with van der Waals surface area (Å²) in [7, 11) is 0. The van der Waals surface area contributed by atoms with E-state index in [-0.39, 0.29) is 35.8 Å². The predicted octanol–water partition coefficient (Wildman–Crippen LogP) is 1.69. The van der Waals surface area contributed by atoms with Crippen molar-refractivity contribution in [2.75, 3.05) is 6.54 Å². The molecule has 0 aromatic carbocycles. The first kappa shape index (κ1) is 20.0. The molecule has 0 saturated heterocycles. The third-order valence-corrected chi connectivity index (χ3v) is 3.15. The molecule has 110 valence electrons. The fourth-order valence-electron chi connectivity index (χ4n) is 1.83. The number of aliphatic hydroxyl groups is 1. The van der Waals surface area contributed by atoms with Gasteiger partial charge in [-0.2, -0.15) is 0 Å². The molecule has 0 aromatic rings. The molecule has 3 unspecified atom stereocenters. The van der Waals surface area contributed by atoms with Gasteiger partial charge < -0.3 is 16.2 Å². The van der Waals surface area contributed by atoms with Gasteiger partial charge in [0.25, 0.3) is 0 Å². The lowest BCUT2D eigenvalue weighted by molar-refractivity contribution is -0.124. The summed E-state index contributed by atoms with van der Waals surface area (Å²) in [5, 5.41) is 12.2. The second-order valence-corrected chi connectivity index (χ2v) is 5.85. The van der Waals surface area contributed by atoms with Crippen LogP contribution in [0.4, 0.5) is 0 Å². The van der Waals surface area contributed by atoms with Crippen molar-refractivity contribution in [3.63, 3.8) is 0 Å². The van der Waals surface area contributed by atoms with Gasteiger partial charge in [0.2, 0.25) is 5.91 Å². The van der Waals surface area contributed by atoms with Crippen molar-refractivity contribution in [3.8, 4) is 0 Å². The van der Waals surface area contributed by atoms with Gasteiger partial charge in [-0.15, -0.1) is 12.4 Å². The number of hydrogen-bond donors (Lipinski definition) is 3. The third-order valence-electron chi connectivity index (χ3n) is 3.15. The molecule has 0 aliphatic heterocycles. The maximum Gasteiger partial charge on any atom is 0.237 e. The van der Waals surface area contributed by atoms with Crippen LogP contribution in [0.5, 0.6) is 0 Å². The number of nitrogens with two attached hydrogens (primary N) is 1.